The third-order valence-corrected chi connectivity index (χ3v) is 4.52. The second-order valence-corrected chi connectivity index (χ2v) is 6.49. The maximum atomic E-state index is 12.7. The van der Waals surface area contributed by atoms with Crippen LogP contribution in [-0.4, -0.2) is 17.6 Å². The number of anilines is 1. The van der Waals surface area contributed by atoms with Crippen LogP contribution in [0.5, 0.6) is 5.75 Å². The predicted molar refractivity (Wildman–Crippen MR) is 105 cm³/mol. The lowest BCUT2D eigenvalue weighted by Gasteiger charge is -2.20. The second kappa shape index (κ2) is 7.91. The van der Waals surface area contributed by atoms with Crippen molar-refractivity contribution in [1.29, 1.82) is 0 Å². The largest absolute Gasteiger partial charge is 0.497 e. The fourth-order valence-corrected chi connectivity index (χ4v) is 3.11. The SMILES string of the molecule is COc1ccc([C@@H](CC(=O)Nc2ccc(C)cc2C)n2cccc2)cc1. The van der Waals surface area contributed by atoms with Crippen LogP contribution in [-0.2, 0) is 4.79 Å². The summed E-state index contributed by atoms with van der Waals surface area (Å²) in [7, 11) is 1.65. The third kappa shape index (κ3) is 4.14. The molecule has 1 atom stereocenters. The Morgan fingerprint density at radius 3 is 2.38 bits per heavy atom. The van der Waals surface area contributed by atoms with Crippen LogP contribution >= 0.6 is 0 Å². The van der Waals surface area contributed by atoms with Gasteiger partial charge in [-0.15, -0.1) is 0 Å². The van der Waals surface area contributed by atoms with E-state index in [4.69, 9.17) is 4.74 Å². The topological polar surface area (TPSA) is 43.3 Å². The van der Waals surface area contributed by atoms with E-state index in [2.05, 4.69) is 16.0 Å². The molecule has 0 unspecified atom stereocenters. The average Bonchev–Trinajstić information content (AvgIpc) is 3.17. The van der Waals surface area contributed by atoms with Gasteiger partial charge in [0.2, 0.25) is 5.91 Å². The monoisotopic (exact) mass is 348 g/mol. The van der Waals surface area contributed by atoms with E-state index in [-0.39, 0.29) is 11.9 Å². The van der Waals surface area contributed by atoms with E-state index in [1.165, 1.54) is 5.56 Å². The first-order valence-electron chi connectivity index (χ1n) is 8.70. The van der Waals surface area contributed by atoms with Gasteiger partial charge >= 0.3 is 0 Å². The van der Waals surface area contributed by atoms with E-state index >= 15 is 0 Å². The minimum absolute atomic E-state index is 0.00790. The number of benzene rings is 2. The van der Waals surface area contributed by atoms with Crippen molar-refractivity contribution < 1.29 is 9.53 Å². The number of rotatable bonds is 6. The molecule has 4 heteroatoms. The first-order valence-corrected chi connectivity index (χ1v) is 8.70. The maximum Gasteiger partial charge on any atom is 0.226 e. The molecule has 0 saturated carbocycles. The van der Waals surface area contributed by atoms with Crippen molar-refractivity contribution in [3.05, 3.63) is 83.7 Å². The van der Waals surface area contributed by atoms with Crippen LogP contribution in [0.2, 0.25) is 0 Å². The molecular weight excluding hydrogens is 324 g/mol. The van der Waals surface area contributed by atoms with Crippen LogP contribution in [0.25, 0.3) is 0 Å². The minimum Gasteiger partial charge on any atom is -0.497 e. The van der Waals surface area contributed by atoms with Crippen LogP contribution < -0.4 is 10.1 Å². The minimum atomic E-state index is -0.0679. The smallest absolute Gasteiger partial charge is 0.226 e. The molecule has 0 saturated heterocycles. The Kier molecular flexibility index (Phi) is 5.42. The molecule has 0 bridgehead atoms. The van der Waals surface area contributed by atoms with E-state index in [1.54, 1.807) is 7.11 Å². The van der Waals surface area contributed by atoms with Gasteiger partial charge in [0, 0.05) is 18.1 Å². The van der Waals surface area contributed by atoms with Crippen molar-refractivity contribution in [2.45, 2.75) is 26.3 Å². The molecule has 1 heterocycles. The van der Waals surface area contributed by atoms with Crippen molar-refractivity contribution in [3.63, 3.8) is 0 Å². The molecule has 0 aliphatic carbocycles. The molecular formula is C22H24N2O2. The number of hydrogen-bond donors (Lipinski definition) is 1. The Labute approximate surface area is 154 Å². The van der Waals surface area contributed by atoms with Gasteiger partial charge in [-0.1, -0.05) is 29.8 Å². The van der Waals surface area contributed by atoms with Gasteiger partial charge in [-0.3, -0.25) is 4.79 Å². The molecule has 1 N–H and O–H groups in total. The molecule has 0 aliphatic rings. The Bertz CT molecular complexity index is 868. The number of amides is 1. The van der Waals surface area contributed by atoms with Gasteiger partial charge in [0.1, 0.15) is 5.75 Å². The maximum absolute atomic E-state index is 12.7. The Balaban J connectivity index is 1.80. The van der Waals surface area contributed by atoms with E-state index in [0.29, 0.717) is 6.42 Å². The fourth-order valence-electron chi connectivity index (χ4n) is 3.11. The van der Waals surface area contributed by atoms with Crippen LogP contribution in [0.3, 0.4) is 0 Å². The second-order valence-electron chi connectivity index (χ2n) is 6.49. The molecule has 0 aliphatic heterocycles. The van der Waals surface area contributed by atoms with Gasteiger partial charge in [0.05, 0.1) is 19.6 Å². The standard InChI is InChI=1S/C22H24N2O2/c1-16-6-11-20(17(2)14-16)23-22(25)15-21(24-12-4-5-13-24)18-7-9-19(26-3)10-8-18/h4-14,21H,15H2,1-3H3,(H,23,25)/t21-/m1/s1. The molecule has 0 radical (unpaired) electrons. The summed E-state index contributed by atoms with van der Waals surface area (Å²) < 4.78 is 7.30. The number of ether oxygens (including phenoxy) is 1. The third-order valence-electron chi connectivity index (χ3n) is 4.52. The molecule has 26 heavy (non-hydrogen) atoms. The number of carbonyl (C=O) groups is 1. The number of aromatic nitrogens is 1. The number of aryl methyl sites for hydroxylation is 2. The number of nitrogens with one attached hydrogen (secondary N) is 1. The lowest BCUT2D eigenvalue weighted by molar-refractivity contribution is -0.116. The number of methoxy groups -OCH3 is 1. The summed E-state index contributed by atoms with van der Waals surface area (Å²) >= 11 is 0. The summed E-state index contributed by atoms with van der Waals surface area (Å²) in [6, 6.07) is 17.8. The molecule has 3 aromatic rings. The zero-order chi connectivity index (χ0) is 18.5. The quantitative estimate of drug-likeness (QED) is 0.700. The van der Waals surface area contributed by atoms with E-state index < -0.39 is 0 Å². The molecule has 1 aromatic heterocycles. The highest BCUT2D eigenvalue weighted by Gasteiger charge is 2.18. The van der Waals surface area contributed by atoms with Crippen molar-refractivity contribution in [2.24, 2.45) is 0 Å². The van der Waals surface area contributed by atoms with Crippen LogP contribution in [0.1, 0.15) is 29.2 Å². The summed E-state index contributed by atoms with van der Waals surface area (Å²) in [6.07, 6.45) is 4.33. The van der Waals surface area contributed by atoms with Gasteiger partial charge < -0.3 is 14.6 Å². The highest BCUT2D eigenvalue weighted by atomic mass is 16.5. The van der Waals surface area contributed by atoms with Crippen molar-refractivity contribution >= 4 is 11.6 Å². The van der Waals surface area contributed by atoms with Gasteiger partial charge in [-0.25, -0.2) is 0 Å². The molecule has 2 aromatic carbocycles. The molecule has 1 amide bonds. The summed E-state index contributed by atoms with van der Waals surface area (Å²) in [5, 5.41) is 3.05. The number of carbonyl (C=O) groups excluding carboxylic acids is 1. The normalized spacial score (nSPS) is 11.8. The van der Waals surface area contributed by atoms with Gasteiger partial charge in [0.15, 0.2) is 0 Å². The van der Waals surface area contributed by atoms with E-state index in [0.717, 1.165) is 22.6 Å². The number of hydrogen-bond acceptors (Lipinski definition) is 2. The first kappa shape index (κ1) is 17.8. The highest BCUT2D eigenvalue weighted by Crippen LogP contribution is 2.25. The highest BCUT2D eigenvalue weighted by molar-refractivity contribution is 5.92. The van der Waals surface area contributed by atoms with E-state index in [1.807, 2.05) is 74.8 Å². The Hall–Kier alpha value is -3.01. The van der Waals surface area contributed by atoms with Gasteiger partial charge in [0.25, 0.3) is 0 Å². The van der Waals surface area contributed by atoms with Crippen LogP contribution in [0, 0.1) is 13.8 Å². The van der Waals surface area contributed by atoms with Crippen molar-refractivity contribution in [2.75, 3.05) is 12.4 Å². The zero-order valence-electron chi connectivity index (χ0n) is 15.4. The molecule has 0 spiro atoms. The Morgan fingerprint density at radius 1 is 1.08 bits per heavy atom. The zero-order valence-corrected chi connectivity index (χ0v) is 15.4. The summed E-state index contributed by atoms with van der Waals surface area (Å²) in [6.45, 7) is 4.06. The summed E-state index contributed by atoms with van der Waals surface area (Å²) in [5.41, 5.74) is 4.18. The van der Waals surface area contributed by atoms with E-state index in [9.17, 15) is 4.79 Å². The van der Waals surface area contributed by atoms with Gasteiger partial charge in [-0.2, -0.15) is 0 Å². The van der Waals surface area contributed by atoms with Crippen molar-refractivity contribution in [3.8, 4) is 5.75 Å². The molecule has 3 rings (SSSR count). The predicted octanol–water partition coefficient (Wildman–Crippen LogP) is 4.73. The van der Waals surface area contributed by atoms with Crippen molar-refractivity contribution in [1.82, 2.24) is 4.57 Å². The first-order chi connectivity index (χ1) is 12.6. The lowest BCUT2D eigenvalue weighted by atomic mass is 10.0. The van der Waals surface area contributed by atoms with Crippen LogP contribution in [0.4, 0.5) is 5.69 Å². The Morgan fingerprint density at radius 2 is 1.77 bits per heavy atom. The van der Waals surface area contributed by atoms with Crippen LogP contribution in [0.15, 0.2) is 67.0 Å². The summed E-state index contributed by atoms with van der Waals surface area (Å²) in [4.78, 5) is 12.7. The average molecular weight is 348 g/mol. The fraction of sp³-hybridized carbons (Fsp3) is 0.227. The molecule has 0 fully saturated rings. The molecule has 134 valence electrons. The molecule has 4 nitrogen and oxygen atoms in total. The lowest BCUT2D eigenvalue weighted by Crippen LogP contribution is -2.20. The number of nitrogens with zero attached hydrogens (tertiary/aromatic N) is 1. The van der Waals surface area contributed by atoms with Gasteiger partial charge in [-0.05, 0) is 55.3 Å². The summed E-state index contributed by atoms with van der Waals surface area (Å²) in [5.74, 6) is 0.797.